The molecule has 4 aliphatic carbocycles. The monoisotopic (exact) mass is 362 g/mol. The van der Waals surface area contributed by atoms with Gasteiger partial charge >= 0.3 is 0 Å². The predicted octanol–water partition coefficient (Wildman–Crippen LogP) is 1.78. The van der Waals surface area contributed by atoms with E-state index in [2.05, 4.69) is 6.92 Å². The molecule has 144 valence electrons. The molecule has 3 fully saturated rings. The highest BCUT2D eigenvalue weighted by atomic mass is 16.4. The molecule has 7 atom stereocenters. The van der Waals surface area contributed by atoms with E-state index in [1.54, 1.807) is 0 Å². The Labute approximate surface area is 154 Å². The molecule has 0 aromatic rings. The molecular formula is C21H30O5. The van der Waals surface area contributed by atoms with Crippen molar-refractivity contribution in [3.8, 4) is 0 Å². The minimum atomic E-state index is -1.85. The number of hydrogen-bond donors (Lipinski definition) is 3. The van der Waals surface area contributed by atoms with Gasteiger partial charge in [0, 0.05) is 11.8 Å². The van der Waals surface area contributed by atoms with Crippen LogP contribution in [0.15, 0.2) is 11.6 Å². The molecular weight excluding hydrogens is 332 g/mol. The Morgan fingerprint density at radius 3 is 2.62 bits per heavy atom. The molecule has 0 heterocycles. The van der Waals surface area contributed by atoms with E-state index in [-0.39, 0.29) is 17.1 Å². The van der Waals surface area contributed by atoms with Gasteiger partial charge in [0.05, 0.1) is 6.10 Å². The van der Waals surface area contributed by atoms with Gasteiger partial charge in [0.25, 0.3) is 0 Å². The number of ketones is 2. The smallest absolute Gasteiger partial charge is 0.192 e. The van der Waals surface area contributed by atoms with E-state index in [1.807, 2.05) is 13.0 Å². The fourth-order valence-corrected chi connectivity index (χ4v) is 7.20. The van der Waals surface area contributed by atoms with Gasteiger partial charge in [-0.2, -0.15) is 0 Å². The molecule has 0 aromatic heterocycles. The van der Waals surface area contributed by atoms with Crippen LogP contribution in [-0.4, -0.2) is 45.2 Å². The van der Waals surface area contributed by atoms with Crippen molar-refractivity contribution >= 4 is 11.6 Å². The van der Waals surface area contributed by atoms with Crippen LogP contribution in [0.25, 0.3) is 0 Å². The van der Waals surface area contributed by atoms with Crippen molar-refractivity contribution < 1.29 is 24.9 Å². The number of aliphatic hydroxyl groups excluding tert-OH is 2. The van der Waals surface area contributed by atoms with Crippen LogP contribution in [0.1, 0.15) is 58.8 Å². The van der Waals surface area contributed by atoms with Crippen LogP contribution in [-0.2, 0) is 9.59 Å². The third-order valence-electron chi connectivity index (χ3n) is 8.75. The van der Waals surface area contributed by atoms with Gasteiger partial charge in [0.15, 0.2) is 17.2 Å². The summed E-state index contributed by atoms with van der Waals surface area (Å²) >= 11 is 0. The molecule has 5 nitrogen and oxygen atoms in total. The summed E-state index contributed by atoms with van der Waals surface area (Å²) in [6.07, 6.45) is 6.01. The number of carbonyl (C=O) groups is 2. The van der Waals surface area contributed by atoms with E-state index in [1.165, 1.54) is 5.57 Å². The summed E-state index contributed by atoms with van der Waals surface area (Å²) in [7, 11) is 0. The summed E-state index contributed by atoms with van der Waals surface area (Å²) in [5.74, 6) is 0.398. The lowest BCUT2D eigenvalue weighted by Crippen LogP contribution is -2.61. The van der Waals surface area contributed by atoms with E-state index in [4.69, 9.17) is 0 Å². The van der Waals surface area contributed by atoms with Crippen LogP contribution in [0, 0.1) is 28.6 Å². The standard InChI is InChI=1S/C21H30O5/c1-19-7-5-13(23)9-12(19)3-4-14-15(19)6-8-20(2)16(14)10-17(24)21(20,26)18(25)11-22/h9,14-17,22,24,26H,3-8,10-11H2,1-2H3/t14-,15+,16+,17-,19+,20+,21+/m1/s1. The summed E-state index contributed by atoms with van der Waals surface area (Å²) in [4.78, 5) is 24.3. The van der Waals surface area contributed by atoms with E-state index in [0.29, 0.717) is 31.1 Å². The third-order valence-corrected chi connectivity index (χ3v) is 8.75. The van der Waals surface area contributed by atoms with Crippen molar-refractivity contribution in [1.29, 1.82) is 0 Å². The van der Waals surface area contributed by atoms with Crippen LogP contribution < -0.4 is 0 Å². The SMILES string of the molecule is C[C@]12CCC(=O)C=C1CC[C@@H]1[C@@H]2CC[C@@]2(C)[C@H]1C[C@@H](O)[C@]2(O)C(=O)CO. The molecule has 0 saturated heterocycles. The van der Waals surface area contributed by atoms with Gasteiger partial charge in [0.2, 0.25) is 0 Å². The molecule has 0 unspecified atom stereocenters. The zero-order chi connectivity index (χ0) is 18.9. The van der Waals surface area contributed by atoms with Crippen molar-refractivity contribution in [2.45, 2.75) is 70.5 Å². The number of aliphatic hydroxyl groups is 3. The van der Waals surface area contributed by atoms with Gasteiger partial charge in [-0.15, -0.1) is 0 Å². The lowest BCUT2D eigenvalue weighted by Gasteiger charge is -2.58. The van der Waals surface area contributed by atoms with Gasteiger partial charge in [-0.1, -0.05) is 19.4 Å². The first-order chi connectivity index (χ1) is 12.2. The van der Waals surface area contributed by atoms with Gasteiger partial charge in [0.1, 0.15) is 6.61 Å². The van der Waals surface area contributed by atoms with Crippen molar-refractivity contribution in [3.05, 3.63) is 11.6 Å². The number of hydrogen-bond acceptors (Lipinski definition) is 5. The largest absolute Gasteiger partial charge is 0.390 e. The molecule has 0 aliphatic heterocycles. The van der Waals surface area contributed by atoms with Crippen molar-refractivity contribution in [1.82, 2.24) is 0 Å². The van der Waals surface area contributed by atoms with Crippen LogP contribution in [0.3, 0.4) is 0 Å². The molecule has 3 saturated carbocycles. The van der Waals surface area contributed by atoms with Crippen LogP contribution in [0.2, 0.25) is 0 Å². The van der Waals surface area contributed by atoms with Crippen LogP contribution >= 0.6 is 0 Å². The molecule has 5 heteroatoms. The quantitative estimate of drug-likeness (QED) is 0.696. The van der Waals surface area contributed by atoms with Crippen LogP contribution in [0.4, 0.5) is 0 Å². The number of fused-ring (bicyclic) bond motifs is 5. The Morgan fingerprint density at radius 2 is 1.92 bits per heavy atom. The Kier molecular flexibility index (Phi) is 4.04. The van der Waals surface area contributed by atoms with E-state index >= 15 is 0 Å². The summed E-state index contributed by atoms with van der Waals surface area (Å²) in [6, 6.07) is 0. The lowest BCUT2D eigenvalue weighted by molar-refractivity contribution is -0.178. The topological polar surface area (TPSA) is 94.8 Å². The van der Waals surface area contributed by atoms with E-state index < -0.39 is 29.5 Å². The van der Waals surface area contributed by atoms with Crippen molar-refractivity contribution in [2.24, 2.45) is 28.6 Å². The van der Waals surface area contributed by atoms with Gasteiger partial charge in [-0.25, -0.2) is 0 Å². The third kappa shape index (κ3) is 2.08. The average Bonchev–Trinajstić information content (AvgIpc) is 2.83. The van der Waals surface area contributed by atoms with Crippen molar-refractivity contribution in [3.63, 3.8) is 0 Å². The summed E-state index contributed by atoms with van der Waals surface area (Å²) in [6.45, 7) is 3.47. The summed E-state index contributed by atoms with van der Waals surface area (Å²) in [5.41, 5.74) is -1.25. The first kappa shape index (κ1) is 18.3. The number of rotatable bonds is 2. The second kappa shape index (κ2) is 5.73. The van der Waals surface area contributed by atoms with Crippen LogP contribution in [0.5, 0.6) is 0 Å². The fraction of sp³-hybridized carbons (Fsp3) is 0.810. The lowest BCUT2D eigenvalue weighted by atomic mass is 9.46. The highest BCUT2D eigenvalue weighted by Crippen LogP contribution is 2.67. The Bertz CT molecular complexity index is 684. The Balaban J connectivity index is 1.71. The molecule has 0 aromatic carbocycles. The highest BCUT2D eigenvalue weighted by molar-refractivity contribution is 5.92. The molecule has 26 heavy (non-hydrogen) atoms. The molecule has 0 bridgehead atoms. The average molecular weight is 362 g/mol. The van der Waals surface area contributed by atoms with Crippen molar-refractivity contribution in [2.75, 3.05) is 6.61 Å². The Morgan fingerprint density at radius 1 is 1.19 bits per heavy atom. The minimum Gasteiger partial charge on any atom is -0.390 e. The first-order valence-electron chi connectivity index (χ1n) is 9.97. The molecule has 0 amide bonds. The maximum atomic E-state index is 12.4. The summed E-state index contributed by atoms with van der Waals surface area (Å²) in [5, 5.41) is 31.2. The number of carbonyl (C=O) groups excluding carboxylic acids is 2. The van der Waals surface area contributed by atoms with E-state index in [0.717, 1.165) is 25.7 Å². The van der Waals surface area contributed by atoms with Gasteiger partial charge in [-0.3, -0.25) is 9.59 Å². The maximum absolute atomic E-state index is 12.4. The minimum absolute atomic E-state index is 0.0187. The molecule has 0 radical (unpaired) electrons. The number of Topliss-reactive ketones (excluding diaryl/α,β-unsaturated/α-hetero) is 1. The normalized spacial score (nSPS) is 50.5. The molecule has 4 rings (SSSR count). The first-order valence-corrected chi connectivity index (χ1v) is 9.97. The zero-order valence-corrected chi connectivity index (χ0v) is 15.7. The maximum Gasteiger partial charge on any atom is 0.192 e. The van der Waals surface area contributed by atoms with E-state index in [9.17, 15) is 24.9 Å². The second-order valence-electron chi connectivity index (χ2n) is 9.52. The predicted molar refractivity (Wildman–Crippen MR) is 95.1 cm³/mol. The van der Waals surface area contributed by atoms with Gasteiger partial charge < -0.3 is 15.3 Å². The highest BCUT2D eigenvalue weighted by Gasteiger charge is 2.69. The molecule has 3 N–H and O–H groups in total. The Hall–Kier alpha value is -1.04. The zero-order valence-electron chi connectivity index (χ0n) is 15.7. The second-order valence-corrected chi connectivity index (χ2v) is 9.52. The fourth-order valence-electron chi connectivity index (χ4n) is 7.20. The molecule has 4 aliphatic rings. The van der Waals surface area contributed by atoms with Gasteiger partial charge in [-0.05, 0) is 67.8 Å². The summed E-state index contributed by atoms with van der Waals surface area (Å²) < 4.78 is 0. The molecule has 0 spiro atoms. The number of allylic oxidation sites excluding steroid dienone is 1.